The van der Waals surface area contributed by atoms with Crippen molar-refractivity contribution in [1.29, 1.82) is 0 Å². The highest BCUT2D eigenvalue weighted by atomic mass is 79.9. The van der Waals surface area contributed by atoms with Crippen LogP contribution in [-0.2, 0) is 10.0 Å². The number of thiophene rings is 1. The number of hydrogen-bond acceptors (Lipinski definition) is 5. The Bertz CT molecular complexity index is 1060. The van der Waals surface area contributed by atoms with Crippen LogP contribution < -0.4 is 10.1 Å². The van der Waals surface area contributed by atoms with E-state index >= 15 is 0 Å². The molecule has 0 saturated carbocycles. The van der Waals surface area contributed by atoms with Crippen molar-refractivity contribution in [2.75, 3.05) is 4.72 Å². The average molecular weight is 464 g/mol. The Morgan fingerprint density at radius 3 is 2.44 bits per heavy atom. The minimum atomic E-state index is -3.61. The Hall–Kier alpha value is -2.49. The number of benzene rings is 2. The summed E-state index contributed by atoms with van der Waals surface area (Å²) in [6.45, 7) is 0. The van der Waals surface area contributed by atoms with E-state index in [0.29, 0.717) is 11.3 Å². The van der Waals surface area contributed by atoms with Crippen LogP contribution in [0.4, 0.5) is 5.69 Å². The maximum absolute atomic E-state index is 12.2. The lowest BCUT2D eigenvalue weighted by molar-refractivity contribution is 0.0955. The molecular weight excluding hydrogens is 450 g/mol. The third-order valence-corrected chi connectivity index (χ3v) is 6.94. The molecule has 3 rings (SSSR count). The zero-order valence-electron chi connectivity index (χ0n) is 13.8. The van der Waals surface area contributed by atoms with Crippen LogP contribution >= 0.6 is 27.3 Å². The number of anilines is 1. The van der Waals surface area contributed by atoms with E-state index in [1.807, 2.05) is 24.3 Å². The van der Waals surface area contributed by atoms with Gasteiger partial charge in [-0.15, -0.1) is 11.3 Å². The fourth-order valence-corrected chi connectivity index (χ4v) is 4.55. The number of rotatable bonds is 6. The molecule has 0 fully saturated rings. The Morgan fingerprint density at radius 2 is 1.78 bits per heavy atom. The molecule has 2 aromatic carbocycles. The Kier molecular flexibility index (Phi) is 6.04. The highest BCUT2D eigenvalue weighted by Gasteiger charge is 2.15. The maximum atomic E-state index is 12.2. The lowest BCUT2D eigenvalue weighted by Crippen LogP contribution is -2.17. The number of sulfonamides is 1. The summed E-state index contributed by atoms with van der Waals surface area (Å²) in [5.41, 5.74) is 4.00. The van der Waals surface area contributed by atoms with Crippen molar-refractivity contribution in [1.82, 2.24) is 5.43 Å². The molecule has 0 unspecified atom stereocenters. The molecule has 1 amide bonds. The van der Waals surface area contributed by atoms with Gasteiger partial charge < -0.3 is 0 Å². The predicted octanol–water partition coefficient (Wildman–Crippen LogP) is 4.08. The zero-order valence-corrected chi connectivity index (χ0v) is 17.0. The molecule has 138 valence electrons. The average Bonchev–Trinajstić information content (AvgIpc) is 3.19. The number of nitrogens with one attached hydrogen (secondary N) is 2. The number of amides is 1. The Balaban J connectivity index is 1.63. The molecule has 0 atom stereocenters. The van der Waals surface area contributed by atoms with Gasteiger partial charge in [-0.2, -0.15) is 5.10 Å². The molecular formula is C18H14BrN3O3S2. The van der Waals surface area contributed by atoms with Gasteiger partial charge in [0, 0.05) is 21.3 Å². The van der Waals surface area contributed by atoms with Gasteiger partial charge in [0.2, 0.25) is 0 Å². The van der Waals surface area contributed by atoms with Gasteiger partial charge in [0.1, 0.15) is 4.21 Å². The molecule has 0 bridgehead atoms. The minimum Gasteiger partial charge on any atom is -0.279 e. The van der Waals surface area contributed by atoms with Crippen LogP contribution in [0.2, 0.25) is 0 Å². The van der Waals surface area contributed by atoms with E-state index < -0.39 is 15.9 Å². The Morgan fingerprint density at radius 1 is 1.04 bits per heavy atom. The summed E-state index contributed by atoms with van der Waals surface area (Å²) in [5.74, 6) is -0.397. The summed E-state index contributed by atoms with van der Waals surface area (Å²) in [6.07, 6.45) is 1.53. The van der Waals surface area contributed by atoms with Gasteiger partial charge >= 0.3 is 0 Å². The number of hydrazone groups is 1. The highest BCUT2D eigenvalue weighted by Crippen LogP contribution is 2.20. The fourth-order valence-electron chi connectivity index (χ4n) is 2.12. The van der Waals surface area contributed by atoms with E-state index in [9.17, 15) is 13.2 Å². The smallest absolute Gasteiger partial charge is 0.271 e. The summed E-state index contributed by atoms with van der Waals surface area (Å²) in [7, 11) is -3.61. The Labute approximate surface area is 169 Å². The largest absolute Gasteiger partial charge is 0.279 e. The number of nitrogens with zero attached hydrogens (tertiary/aromatic N) is 1. The van der Waals surface area contributed by atoms with Crippen molar-refractivity contribution in [2.24, 2.45) is 5.10 Å². The number of halogens is 1. The molecule has 0 saturated heterocycles. The van der Waals surface area contributed by atoms with E-state index in [1.165, 1.54) is 36.5 Å². The first kappa shape index (κ1) is 19.3. The zero-order chi connectivity index (χ0) is 19.3. The molecule has 0 aliphatic carbocycles. The summed E-state index contributed by atoms with van der Waals surface area (Å²) < 4.78 is 27.9. The molecule has 27 heavy (non-hydrogen) atoms. The summed E-state index contributed by atoms with van der Waals surface area (Å²) in [5, 5.41) is 5.62. The van der Waals surface area contributed by atoms with Crippen LogP contribution in [0.3, 0.4) is 0 Å². The quantitative estimate of drug-likeness (QED) is 0.426. The van der Waals surface area contributed by atoms with Gasteiger partial charge in [-0.05, 0) is 41.8 Å². The molecule has 0 spiro atoms. The fraction of sp³-hybridized carbons (Fsp3) is 0. The third kappa shape index (κ3) is 5.03. The van der Waals surface area contributed by atoms with Gasteiger partial charge in [-0.3, -0.25) is 9.52 Å². The van der Waals surface area contributed by atoms with Crippen LogP contribution in [0.15, 0.2) is 79.8 Å². The van der Waals surface area contributed by atoms with Crippen LogP contribution in [0.1, 0.15) is 15.9 Å². The summed E-state index contributed by atoms with van der Waals surface area (Å²) in [6, 6.07) is 16.8. The van der Waals surface area contributed by atoms with Crippen molar-refractivity contribution in [3.05, 3.63) is 81.6 Å². The van der Waals surface area contributed by atoms with Crippen molar-refractivity contribution in [3.63, 3.8) is 0 Å². The topological polar surface area (TPSA) is 87.6 Å². The van der Waals surface area contributed by atoms with Gasteiger partial charge in [-0.1, -0.05) is 40.2 Å². The summed E-state index contributed by atoms with van der Waals surface area (Å²) >= 11 is 4.53. The normalized spacial score (nSPS) is 11.4. The molecule has 3 aromatic rings. The first-order chi connectivity index (χ1) is 13.0. The van der Waals surface area contributed by atoms with Crippen LogP contribution in [0.25, 0.3) is 0 Å². The third-order valence-electron chi connectivity index (χ3n) is 3.43. The second kappa shape index (κ2) is 8.47. The lowest BCUT2D eigenvalue weighted by Gasteiger charge is -2.07. The van der Waals surface area contributed by atoms with Gasteiger partial charge in [0.15, 0.2) is 0 Å². The second-order valence-electron chi connectivity index (χ2n) is 5.34. The van der Waals surface area contributed by atoms with Gasteiger partial charge in [-0.25, -0.2) is 13.8 Å². The molecule has 0 aliphatic rings. The number of hydrogen-bond donors (Lipinski definition) is 2. The van der Waals surface area contributed by atoms with E-state index in [4.69, 9.17) is 0 Å². The van der Waals surface area contributed by atoms with Crippen molar-refractivity contribution >= 4 is 55.1 Å². The maximum Gasteiger partial charge on any atom is 0.271 e. The van der Waals surface area contributed by atoms with E-state index in [1.54, 1.807) is 11.4 Å². The molecule has 0 aliphatic heterocycles. The van der Waals surface area contributed by atoms with Crippen LogP contribution in [-0.4, -0.2) is 20.5 Å². The SMILES string of the molecule is O=C(NN=Cc1ccccc1Br)c1ccc(NS(=O)(=O)c2cccs2)cc1. The van der Waals surface area contributed by atoms with E-state index in [2.05, 4.69) is 31.2 Å². The highest BCUT2D eigenvalue weighted by molar-refractivity contribution is 9.10. The van der Waals surface area contributed by atoms with Crippen LogP contribution in [0.5, 0.6) is 0 Å². The van der Waals surface area contributed by atoms with Crippen LogP contribution in [0, 0.1) is 0 Å². The van der Waals surface area contributed by atoms with Crippen molar-refractivity contribution in [2.45, 2.75) is 4.21 Å². The lowest BCUT2D eigenvalue weighted by atomic mass is 10.2. The first-order valence-corrected chi connectivity index (χ1v) is 10.9. The van der Waals surface area contributed by atoms with Crippen molar-refractivity contribution < 1.29 is 13.2 Å². The second-order valence-corrected chi connectivity index (χ2v) is 9.05. The molecule has 6 nitrogen and oxygen atoms in total. The monoisotopic (exact) mass is 463 g/mol. The van der Waals surface area contributed by atoms with Gasteiger partial charge in [0.25, 0.3) is 15.9 Å². The number of carbonyl (C=O) groups is 1. The minimum absolute atomic E-state index is 0.228. The molecule has 1 aromatic heterocycles. The molecule has 0 radical (unpaired) electrons. The van der Waals surface area contributed by atoms with Crippen molar-refractivity contribution in [3.8, 4) is 0 Å². The molecule has 9 heteroatoms. The standard InChI is InChI=1S/C18H14BrN3O3S2/c19-16-5-2-1-4-14(16)12-20-21-18(23)13-7-9-15(10-8-13)22-27(24,25)17-6-3-11-26-17/h1-12,22H,(H,21,23). The first-order valence-electron chi connectivity index (χ1n) is 7.70. The summed E-state index contributed by atoms with van der Waals surface area (Å²) in [4.78, 5) is 12.1. The number of carbonyl (C=O) groups excluding carboxylic acids is 1. The van der Waals surface area contributed by atoms with E-state index in [-0.39, 0.29) is 4.21 Å². The predicted molar refractivity (Wildman–Crippen MR) is 111 cm³/mol. The molecule has 1 heterocycles. The van der Waals surface area contributed by atoms with Gasteiger partial charge in [0.05, 0.1) is 6.21 Å². The molecule has 2 N–H and O–H groups in total. The van der Waals surface area contributed by atoms with E-state index in [0.717, 1.165) is 21.4 Å².